The van der Waals surface area contributed by atoms with E-state index < -0.39 is 0 Å². The van der Waals surface area contributed by atoms with Crippen LogP contribution in [0.5, 0.6) is 5.75 Å². The fourth-order valence-corrected chi connectivity index (χ4v) is 2.57. The van der Waals surface area contributed by atoms with Gasteiger partial charge in [0.25, 0.3) is 0 Å². The average Bonchev–Trinajstić information content (AvgIpc) is 2.63. The monoisotopic (exact) mass is 368 g/mol. The second-order valence-corrected chi connectivity index (χ2v) is 6.22. The fraction of sp³-hybridized carbons (Fsp3) is 0.200. The number of anilines is 3. The summed E-state index contributed by atoms with van der Waals surface area (Å²) in [5.41, 5.74) is 2.93. The number of nitrogens with one attached hydrogen (secondary N) is 2. The van der Waals surface area contributed by atoms with Crippen molar-refractivity contribution >= 4 is 29.1 Å². The molecule has 5 nitrogen and oxygen atoms in total. The summed E-state index contributed by atoms with van der Waals surface area (Å²) in [4.78, 5) is 8.97. The Kier molecular flexibility index (Phi) is 5.92. The van der Waals surface area contributed by atoms with Crippen LogP contribution >= 0.6 is 11.6 Å². The quantitative estimate of drug-likeness (QED) is 0.600. The van der Waals surface area contributed by atoms with Crippen LogP contribution in [0.1, 0.15) is 18.2 Å². The third kappa shape index (κ3) is 5.10. The number of benzene rings is 2. The van der Waals surface area contributed by atoms with Gasteiger partial charge in [-0.2, -0.15) is 4.98 Å². The van der Waals surface area contributed by atoms with E-state index in [1.165, 1.54) is 0 Å². The number of rotatable bonds is 7. The SMILES string of the molecule is CCOc1ccc(Nc2cc(C)nc(NCc3ccc(Cl)cc3)n2)cc1. The lowest BCUT2D eigenvalue weighted by Crippen LogP contribution is -2.06. The zero-order valence-corrected chi connectivity index (χ0v) is 15.5. The van der Waals surface area contributed by atoms with Crippen LogP contribution in [0, 0.1) is 6.92 Å². The first kappa shape index (κ1) is 18.0. The van der Waals surface area contributed by atoms with Crippen LogP contribution in [0.4, 0.5) is 17.5 Å². The van der Waals surface area contributed by atoms with Gasteiger partial charge in [0.15, 0.2) is 0 Å². The molecule has 2 aromatic carbocycles. The molecule has 0 saturated heterocycles. The van der Waals surface area contributed by atoms with Crippen molar-refractivity contribution in [3.8, 4) is 5.75 Å². The third-order valence-corrected chi connectivity index (χ3v) is 3.91. The van der Waals surface area contributed by atoms with Gasteiger partial charge in [-0.3, -0.25) is 0 Å². The van der Waals surface area contributed by atoms with E-state index in [1.54, 1.807) is 0 Å². The van der Waals surface area contributed by atoms with E-state index in [0.717, 1.165) is 33.5 Å². The van der Waals surface area contributed by atoms with Gasteiger partial charge in [-0.15, -0.1) is 0 Å². The number of hydrogen-bond donors (Lipinski definition) is 2. The van der Waals surface area contributed by atoms with Gasteiger partial charge in [0.2, 0.25) is 5.95 Å². The third-order valence-electron chi connectivity index (χ3n) is 3.66. The molecule has 0 spiro atoms. The second-order valence-electron chi connectivity index (χ2n) is 5.78. The molecular weight excluding hydrogens is 348 g/mol. The molecule has 0 saturated carbocycles. The van der Waals surface area contributed by atoms with Gasteiger partial charge in [-0.25, -0.2) is 4.98 Å². The molecular formula is C20H21ClN4O. The molecule has 0 aliphatic heterocycles. The first-order chi connectivity index (χ1) is 12.6. The molecule has 1 heterocycles. The van der Waals surface area contributed by atoms with Crippen molar-refractivity contribution in [1.29, 1.82) is 0 Å². The van der Waals surface area contributed by atoms with Crippen LogP contribution in [0.15, 0.2) is 54.6 Å². The normalized spacial score (nSPS) is 10.4. The van der Waals surface area contributed by atoms with E-state index in [0.29, 0.717) is 19.1 Å². The summed E-state index contributed by atoms with van der Waals surface area (Å²) in [6.45, 7) is 5.19. The lowest BCUT2D eigenvalue weighted by atomic mass is 10.2. The summed E-state index contributed by atoms with van der Waals surface area (Å²) in [6.07, 6.45) is 0. The van der Waals surface area contributed by atoms with Crippen molar-refractivity contribution in [2.45, 2.75) is 20.4 Å². The first-order valence-electron chi connectivity index (χ1n) is 8.46. The molecule has 0 unspecified atom stereocenters. The summed E-state index contributed by atoms with van der Waals surface area (Å²) >= 11 is 5.91. The highest BCUT2D eigenvalue weighted by Crippen LogP contribution is 2.20. The molecule has 0 amide bonds. The Morgan fingerprint density at radius 3 is 2.42 bits per heavy atom. The highest BCUT2D eigenvalue weighted by atomic mass is 35.5. The van der Waals surface area contributed by atoms with Gasteiger partial charge in [0.05, 0.1) is 6.61 Å². The Bertz CT molecular complexity index is 851. The van der Waals surface area contributed by atoms with Crippen molar-refractivity contribution in [1.82, 2.24) is 9.97 Å². The molecule has 6 heteroatoms. The molecule has 1 aromatic heterocycles. The first-order valence-corrected chi connectivity index (χ1v) is 8.84. The minimum absolute atomic E-state index is 0.577. The summed E-state index contributed by atoms with van der Waals surface area (Å²) in [5, 5.41) is 7.27. The molecule has 3 aromatic rings. The van der Waals surface area contributed by atoms with Crippen molar-refractivity contribution in [2.24, 2.45) is 0 Å². The van der Waals surface area contributed by atoms with Crippen LogP contribution in [0.3, 0.4) is 0 Å². The van der Waals surface area contributed by atoms with Crippen LogP contribution in [-0.4, -0.2) is 16.6 Å². The van der Waals surface area contributed by atoms with Gasteiger partial charge >= 0.3 is 0 Å². The number of aryl methyl sites for hydroxylation is 1. The summed E-state index contributed by atoms with van der Waals surface area (Å²) in [6, 6.07) is 17.4. The Balaban J connectivity index is 1.67. The molecule has 3 rings (SSSR count). The lowest BCUT2D eigenvalue weighted by Gasteiger charge is -2.11. The maximum Gasteiger partial charge on any atom is 0.225 e. The van der Waals surface area contributed by atoms with Crippen molar-refractivity contribution in [3.63, 3.8) is 0 Å². The fourth-order valence-electron chi connectivity index (χ4n) is 2.44. The molecule has 0 radical (unpaired) electrons. The number of hydrogen-bond acceptors (Lipinski definition) is 5. The molecule has 26 heavy (non-hydrogen) atoms. The molecule has 2 N–H and O–H groups in total. The minimum atomic E-state index is 0.577. The lowest BCUT2D eigenvalue weighted by molar-refractivity contribution is 0.340. The van der Waals surface area contributed by atoms with E-state index >= 15 is 0 Å². The van der Waals surface area contributed by atoms with Crippen LogP contribution in [0.25, 0.3) is 0 Å². The summed E-state index contributed by atoms with van der Waals surface area (Å²) in [7, 11) is 0. The van der Waals surface area contributed by atoms with Crippen LogP contribution < -0.4 is 15.4 Å². The highest BCUT2D eigenvalue weighted by molar-refractivity contribution is 6.30. The van der Waals surface area contributed by atoms with Gasteiger partial charge in [0.1, 0.15) is 11.6 Å². The number of ether oxygens (including phenoxy) is 1. The van der Waals surface area contributed by atoms with E-state index in [4.69, 9.17) is 16.3 Å². The summed E-state index contributed by atoms with van der Waals surface area (Å²) in [5.74, 6) is 2.16. The predicted octanol–water partition coefficient (Wildman–Crippen LogP) is 5.19. The molecule has 0 atom stereocenters. The number of halogens is 1. The molecule has 0 fully saturated rings. The Labute approximate surface area is 158 Å². The van der Waals surface area contributed by atoms with Gasteiger partial charge < -0.3 is 15.4 Å². The molecule has 134 valence electrons. The smallest absolute Gasteiger partial charge is 0.225 e. The van der Waals surface area contributed by atoms with Crippen molar-refractivity contribution < 1.29 is 4.74 Å². The topological polar surface area (TPSA) is 59.1 Å². The zero-order valence-electron chi connectivity index (χ0n) is 14.8. The maximum atomic E-state index is 5.91. The standard InChI is InChI=1S/C20H21ClN4O/c1-3-26-18-10-8-17(9-11-18)24-19-12-14(2)23-20(25-19)22-13-15-4-6-16(21)7-5-15/h4-12H,3,13H2,1-2H3,(H2,22,23,24,25). The highest BCUT2D eigenvalue weighted by Gasteiger charge is 2.04. The maximum absolute atomic E-state index is 5.91. The largest absolute Gasteiger partial charge is 0.494 e. The van der Waals surface area contributed by atoms with E-state index in [1.807, 2.05) is 68.4 Å². The Hall–Kier alpha value is -2.79. The second kappa shape index (κ2) is 8.54. The average molecular weight is 369 g/mol. The molecule has 0 aliphatic carbocycles. The molecule has 0 bridgehead atoms. The van der Waals surface area contributed by atoms with E-state index in [9.17, 15) is 0 Å². The minimum Gasteiger partial charge on any atom is -0.494 e. The van der Waals surface area contributed by atoms with Crippen LogP contribution in [-0.2, 0) is 6.54 Å². The molecule has 0 aliphatic rings. The van der Waals surface area contributed by atoms with Gasteiger partial charge in [-0.05, 0) is 55.8 Å². The van der Waals surface area contributed by atoms with E-state index in [2.05, 4.69) is 20.6 Å². The number of aromatic nitrogens is 2. The van der Waals surface area contributed by atoms with Crippen molar-refractivity contribution in [2.75, 3.05) is 17.2 Å². The van der Waals surface area contributed by atoms with Crippen LogP contribution in [0.2, 0.25) is 5.02 Å². The summed E-state index contributed by atoms with van der Waals surface area (Å²) < 4.78 is 5.46. The van der Waals surface area contributed by atoms with Crippen molar-refractivity contribution in [3.05, 3.63) is 70.9 Å². The number of nitrogens with zero attached hydrogens (tertiary/aromatic N) is 2. The Morgan fingerprint density at radius 2 is 1.73 bits per heavy atom. The van der Waals surface area contributed by atoms with Gasteiger partial charge in [0, 0.05) is 29.0 Å². The van der Waals surface area contributed by atoms with Gasteiger partial charge in [-0.1, -0.05) is 23.7 Å². The van der Waals surface area contributed by atoms with E-state index in [-0.39, 0.29) is 0 Å². The Morgan fingerprint density at radius 1 is 1.00 bits per heavy atom. The zero-order chi connectivity index (χ0) is 18.4. The predicted molar refractivity (Wildman–Crippen MR) is 106 cm³/mol.